The zero-order valence-electron chi connectivity index (χ0n) is 3.24. The third-order valence-corrected chi connectivity index (χ3v) is 0. The topological polar surface area (TPSA) is 17.1 Å². The van der Waals surface area contributed by atoms with Gasteiger partial charge in [0, 0.05) is 0 Å². The molecule has 0 saturated heterocycles. The standard InChI is InChI=1S/C3H6O.Rh/c1-3(2)4;/h1-2H3;/q;+3. The first-order chi connectivity index (χ1) is 1.73. The van der Waals surface area contributed by atoms with Crippen LogP contribution in [0.25, 0.3) is 0 Å². The summed E-state index contributed by atoms with van der Waals surface area (Å²) in [5.41, 5.74) is 0. The minimum absolute atomic E-state index is 0. The van der Waals surface area contributed by atoms with Gasteiger partial charge in [0.05, 0.1) is 0 Å². The van der Waals surface area contributed by atoms with Crippen molar-refractivity contribution in [2.75, 3.05) is 0 Å². The van der Waals surface area contributed by atoms with E-state index in [0.29, 0.717) is 0 Å². The fourth-order valence-electron chi connectivity index (χ4n) is 0. The minimum atomic E-state index is 0. The van der Waals surface area contributed by atoms with E-state index in [2.05, 4.69) is 0 Å². The summed E-state index contributed by atoms with van der Waals surface area (Å²) in [7, 11) is 0. The molecule has 0 aliphatic rings. The van der Waals surface area contributed by atoms with Gasteiger partial charge in [0.25, 0.3) is 0 Å². The van der Waals surface area contributed by atoms with E-state index in [1.165, 1.54) is 13.8 Å². The van der Waals surface area contributed by atoms with Crippen LogP contribution in [-0.2, 0) is 24.3 Å². The number of ketones is 1. The van der Waals surface area contributed by atoms with Crippen LogP contribution in [0.3, 0.4) is 0 Å². The molecule has 0 amide bonds. The Hall–Kier alpha value is 0.293. The Balaban J connectivity index is 0. The van der Waals surface area contributed by atoms with Crippen LogP contribution < -0.4 is 0 Å². The van der Waals surface area contributed by atoms with Gasteiger partial charge in [-0.2, -0.15) is 0 Å². The summed E-state index contributed by atoms with van der Waals surface area (Å²) >= 11 is 0. The van der Waals surface area contributed by atoms with Gasteiger partial charge < -0.3 is 4.79 Å². The maximum Gasteiger partial charge on any atom is 3.00 e. The Kier molecular flexibility index (Phi) is 7.72. The monoisotopic (exact) mass is 161 g/mol. The fraction of sp³-hybridized carbons (Fsp3) is 0.667. The molecule has 30 valence electrons. The molecule has 0 saturated carbocycles. The van der Waals surface area contributed by atoms with E-state index in [4.69, 9.17) is 0 Å². The van der Waals surface area contributed by atoms with Crippen molar-refractivity contribution in [2.24, 2.45) is 0 Å². The van der Waals surface area contributed by atoms with Gasteiger partial charge in [0.2, 0.25) is 0 Å². The molecule has 0 bridgehead atoms. The number of carbonyl (C=O) groups excluding carboxylic acids is 1. The maximum absolute atomic E-state index is 9.44. The van der Waals surface area contributed by atoms with Crippen molar-refractivity contribution in [1.82, 2.24) is 0 Å². The number of hydrogen-bond donors (Lipinski definition) is 0. The second-order valence-corrected chi connectivity index (χ2v) is 0.908. The molecule has 0 atom stereocenters. The summed E-state index contributed by atoms with van der Waals surface area (Å²) in [6.45, 7) is 3.06. The molecule has 0 aromatic carbocycles. The zero-order valence-corrected chi connectivity index (χ0v) is 4.88. The van der Waals surface area contributed by atoms with Gasteiger partial charge in [-0.25, -0.2) is 0 Å². The molecule has 0 spiro atoms. The predicted octanol–water partition coefficient (Wildman–Crippen LogP) is 0.593. The average Bonchev–Trinajstić information content (AvgIpc) is 0.811. The molecule has 2 heteroatoms. The number of carbonyl (C=O) groups is 1. The van der Waals surface area contributed by atoms with E-state index < -0.39 is 0 Å². The van der Waals surface area contributed by atoms with E-state index in [9.17, 15) is 4.79 Å². The van der Waals surface area contributed by atoms with Crippen LogP contribution >= 0.6 is 0 Å². The van der Waals surface area contributed by atoms with Crippen LogP contribution in [0.15, 0.2) is 0 Å². The van der Waals surface area contributed by atoms with Gasteiger partial charge in [-0.05, 0) is 13.8 Å². The maximum atomic E-state index is 9.44. The van der Waals surface area contributed by atoms with Crippen molar-refractivity contribution in [3.8, 4) is 0 Å². The van der Waals surface area contributed by atoms with Crippen molar-refractivity contribution in [3.05, 3.63) is 0 Å². The Bertz CT molecular complexity index is 29.9. The molecular weight excluding hydrogens is 155 g/mol. The first kappa shape index (κ1) is 9.00. The normalized spacial score (nSPS) is 5.20. The molecule has 0 unspecified atom stereocenters. The van der Waals surface area contributed by atoms with Gasteiger partial charge >= 0.3 is 19.5 Å². The third kappa shape index (κ3) is 262. The second-order valence-electron chi connectivity index (χ2n) is 0.908. The molecule has 0 aliphatic carbocycles. The van der Waals surface area contributed by atoms with E-state index in [1.54, 1.807) is 0 Å². The van der Waals surface area contributed by atoms with Crippen molar-refractivity contribution in [2.45, 2.75) is 13.8 Å². The smallest absolute Gasteiger partial charge is 0.300 e. The van der Waals surface area contributed by atoms with Crippen LogP contribution in [-0.4, -0.2) is 5.78 Å². The summed E-state index contributed by atoms with van der Waals surface area (Å²) in [4.78, 5) is 9.44. The van der Waals surface area contributed by atoms with E-state index in [0.717, 1.165) is 0 Å². The first-order valence-electron chi connectivity index (χ1n) is 1.20. The molecular formula is C3H6ORh+3. The molecule has 0 aliphatic heterocycles. The zero-order chi connectivity index (χ0) is 3.58. The van der Waals surface area contributed by atoms with Gasteiger partial charge in [-0.1, -0.05) is 0 Å². The van der Waals surface area contributed by atoms with E-state index >= 15 is 0 Å². The summed E-state index contributed by atoms with van der Waals surface area (Å²) in [6.07, 6.45) is 0. The van der Waals surface area contributed by atoms with Gasteiger partial charge in [0.15, 0.2) is 0 Å². The molecule has 0 radical (unpaired) electrons. The van der Waals surface area contributed by atoms with E-state index in [-0.39, 0.29) is 25.3 Å². The second kappa shape index (κ2) is 4.29. The molecule has 0 N–H and O–H groups in total. The van der Waals surface area contributed by atoms with Crippen LogP contribution in [0.2, 0.25) is 0 Å². The minimum Gasteiger partial charge on any atom is -0.300 e. The molecule has 0 aromatic rings. The van der Waals surface area contributed by atoms with Crippen LogP contribution in [0.1, 0.15) is 13.8 Å². The van der Waals surface area contributed by atoms with Gasteiger partial charge in [0.1, 0.15) is 5.78 Å². The van der Waals surface area contributed by atoms with Crippen LogP contribution in [0, 0.1) is 0 Å². The first-order valence-corrected chi connectivity index (χ1v) is 1.20. The van der Waals surface area contributed by atoms with Crippen molar-refractivity contribution < 1.29 is 24.3 Å². The summed E-state index contributed by atoms with van der Waals surface area (Å²) in [5.74, 6) is 0.167. The van der Waals surface area contributed by atoms with Crippen molar-refractivity contribution in [1.29, 1.82) is 0 Å². The van der Waals surface area contributed by atoms with Crippen molar-refractivity contribution >= 4 is 5.78 Å². The summed E-state index contributed by atoms with van der Waals surface area (Å²) in [6, 6.07) is 0. The van der Waals surface area contributed by atoms with E-state index in [1.807, 2.05) is 0 Å². The number of Topliss-reactive ketones (excluding diaryl/α,β-unsaturated/α-hetero) is 1. The fourth-order valence-corrected chi connectivity index (χ4v) is 0. The molecule has 5 heavy (non-hydrogen) atoms. The number of rotatable bonds is 0. The quantitative estimate of drug-likeness (QED) is 0.475. The molecule has 0 heterocycles. The van der Waals surface area contributed by atoms with Crippen LogP contribution in [0.5, 0.6) is 0 Å². The Labute approximate surface area is 44.5 Å². The Morgan fingerprint density at radius 2 is 1.40 bits per heavy atom. The predicted molar refractivity (Wildman–Crippen MR) is 16.4 cm³/mol. The van der Waals surface area contributed by atoms with Crippen LogP contribution in [0.4, 0.5) is 0 Å². The molecule has 0 fully saturated rings. The Morgan fingerprint density at radius 3 is 1.40 bits per heavy atom. The van der Waals surface area contributed by atoms with Gasteiger partial charge in [-0.15, -0.1) is 0 Å². The average molecular weight is 161 g/mol. The SMILES string of the molecule is CC(C)=O.[Rh+3]. The molecule has 0 aromatic heterocycles. The van der Waals surface area contributed by atoms with Gasteiger partial charge in [-0.3, -0.25) is 0 Å². The summed E-state index contributed by atoms with van der Waals surface area (Å²) < 4.78 is 0. The third-order valence-electron chi connectivity index (χ3n) is 0. The summed E-state index contributed by atoms with van der Waals surface area (Å²) in [5, 5.41) is 0. The largest absolute Gasteiger partial charge is 3.00 e. The number of hydrogen-bond acceptors (Lipinski definition) is 1. The van der Waals surface area contributed by atoms with Crippen molar-refractivity contribution in [3.63, 3.8) is 0 Å². The molecule has 0 rings (SSSR count). The molecule has 1 nitrogen and oxygen atoms in total. The Morgan fingerprint density at radius 1 is 1.40 bits per heavy atom.